The maximum Gasteiger partial charge on any atom is 0.252 e. The van der Waals surface area contributed by atoms with Crippen molar-refractivity contribution in [2.75, 3.05) is 6.54 Å². The van der Waals surface area contributed by atoms with Crippen LogP contribution in [-0.2, 0) is 6.42 Å². The zero-order chi connectivity index (χ0) is 17.5. The van der Waals surface area contributed by atoms with Gasteiger partial charge in [-0.15, -0.1) is 0 Å². The molecule has 0 spiro atoms. The van der Waals surface area contributed by atoms with Crippen molar-refractivity contribution < 1.29 is 15.0 Å². The van der Waals surface area contributed by atoms with Crippen LogP contribution in [0, 0.1) is 5.92 Å². The second kappa shape index (κ2) is 8.47. The maximum atomic E-state index is 11.2. The third kappa shape index (κ3) is 5.08. The number of amides is 1. The summed E-state index contributed by atoms with van der Waals surface area (Å²) in [6.45, 7) is 2.76. The van der Waals surface area contributed by atoms with Crippen LogP contribution in [0.5, 0.6) is 5.75 Å². The van der Waals surface area contributed by atoms with E-state index in [-0.39, 0.29) is 11.3 Å². The van der Waals surface area contributed by atoms with Gasteiger partial charge in [-0.05, 0) is 42.0 Å². The molecule has 0 saturated heterocycles. The smallest absolute Gasteiger partial charge is 0.252 e. The van der Waals surface area contributed by atoms with E-state index in [4.69, 9.17) is 5.73 Å². The minimum atomic E-state index is -0.914. The molecule has 2 unspecified atom stereocenters. The van der Waals surface area contributed by atoms with Gasteiger partial charge in [0.25, 0.3) is 5.91 Å². The number of hydrogen-bond donors (Lipinski definition) is 4. The molecule has 0 bridgehead atoms. The third-order valence-corrected chi connectivity index (χ3v) is 4.03. The predicted octanol–water partition coefficient (Wildman–Crippen LogP) is 2.34. The number of carbonyl (C=O) groups is 1. The van der Waals surface area contributed by atoms with Crippen LogP contribution in [0.1, 0.15) is 41.1 Å². The molecule has 0 aliphatic rings. The molecule has 1 amide bonds. The van der Waals surface area contributed by atoms with Gasteiger partial charge in [-0.25, -0.2) is 0 Å². The topological polar surface area (TPSA) is 95.6 Å². The SMILES string of the molecule is CC(CCc1ccccc1)CNC(O)c1ccc(O)c(C(N)=O)c1. The van der Waals surface area contributed by atoms with E-state index in [2.05, 4.69) is 24.4 Å². The summed E-state index contributed by atoms with van der Waals surface area (Å²) < 4.78 is 0. The van der Waals surface area contributed by atoms with Crippen molar-refractivity contribution in [2.45, 2.75) is 26.0 Å². The lowest BCUT2D eigenvalue weighted by Gasteiger charge is -2.18. The predicted molar refractivity (Wildman–Crippen MR) is 93.5 cm³/mol. The Kier molecular flexibility index (Phi) is 6.35. The minimum Gasteiger partial charge on any atom is -0.507 e. The van der Waals surface area contributed by atoms with E-state index in [0.29, 0.717) is 18.0 Å². The average Bonchev–Trinajstić information content (AvgIpc) is 2.59. The van der Waals surface area contributed by atoms with E-state index in [1.54, 1.807) is 6.07 Å². The van der Waals surface area contributed by atoms with E-state index < -0.39 is 12.1 Å². The first-order valence-electron chi connectivity index (χ1n) is 8.05. The van der Waals surface area contributed by atoms with Gasteiger partial charge in [-0.2, -0.15) is 0 Å². The van der Waals surface area contributed by atoms with Crippen LogP contribution in [0.15, 0.2) is 48.5 Å². The van der Waals surface area contributed by atoms with E-state index in [1.807, 2.05) is 18.2 Å². The molecular weight excluding hydrogens is 304 g/mol. The molecule has 0 aromatic heterocycles. The Hall–Kier alpha value is -2.37. The number of nitrogens with two attached hydrogens (primary N) is 1. The molecule has 0 saturated carbocycles. The Labute approximate surface area is 142 Å². The number of nitrogens with one attached hydrogen (secondary N) is 1. The highest BCUT2D eigenvalue weighted by atomic mass is 16.3. The van der Waals surface area contributed by atoms with Gasteiger partial charge in [-0.3, -0.25) is 10.1 Å². The molecule has 5 heteroatoms. The quantitative estimate of drug-likeness (QED) is 0.559. The van der Waals surface area contributed by atoms with Gasteiger partial charge >= 0.3 is 0 Å². The molecule has 5 N–H and O–H groups in total. The third-order valence-electron chi connectivity index (χ3n) is 4.03. The highest BCUT2D eigenvalue weighted by Crippen LogP contribution is 2.21. The number of primary amides is 1. The fourth-order valence-corrected chi connectivity index (χ4v) is 2.51. The summed E-state index contributed by atoms with van der Waals surface area (Å²) in [5.41, 5.74) is 7.00. The summed E-state index contributed by atoms with van der Waals surface area (Å²) in [6.07, 6.45) is 1.08. The minimum absolute atomic E-state index is 0.00507. The largest absolute Gasteiger partial charge is 0.507 e. The Bertz CT molecular complexity index is 674. The lowest BCUT2D eigenvalue weighted by Crippen LogP contribution is -2.26. The van der Waals surface area contributed by atoms with Gasteiger partial charge in [0.15, 0.2) is 0 Å². The normalized spacial score (nSPS) is 13.4. The summed E-state index contributed by atoms with van der Waals surface area (Å²) >= 11 is 0. The van der Waals surface area contributed by atoms with Gasteiger partial charge in [0.2, 0.25) is 0 Å². The molecule has 2 atom stereocenters. The van der Waals surface area contributed by atoms with Gasteiger partial charge in [0.05, 0.1) is 5.56 Å². The molecule has 0 aliphatic carbocycles. The second-order valence-corrected chi connectivity index (χ2v) is 6.08. The van der Waals surface area contributed by atoms with Crippen molar-refractivity contribution >= 4 is 5.91 Å². The van der Waals surface area contributed by atoms with E-state index >= 15 is 0 Å². The number of phenols is 1. The molecule has 0 radical (unpaired) electrons. The number of aryl methyl sites for hydroxylation is 1. The van der Waals surface area contributed by atoms with Crippen LogP contribution >= 0.6 is 0 Å². The summed E-state index contributed by atoms with van der Waals surface area (Å²) in [4.78, 5) is 11.2. The zero-order valence-electron chi connectivity index (χ0n) is 13.8. The number of aliphatic hydroxyl groups is 1. The summed E-state index contributed by atoms with van der Waals surface area (Å²) in [6, 6.07) is 14.6. The molecule has 128 valence electrons. The Morgan fingerprint density at radius 3 is 2.58 bits per heavy atom. The molecular formula is C19H24N2O3. The highest BCUT2D eigenvalue weighted by Gasteiger charge is 2.14. The monoisotopic (exact) mass is 328 g/mol. The van der Waals surface area contributed by atoms with Crippen molar-refractivity contribution in [3.05, 3.63) is 65.2 Å². The van der Waals surface area contributed by atoms with Gasteiger partial charge < -0.3 is 15.9 Å². The van der Waals surface area contributed by atoms with E-state index in [9.17, 15) is 15.0 Å². The molecule has 2 aromatic rings. The summed E-state index contributed by atoms with van der Waals surface area (Å²) in [7, 11) is 0. The lowest BCUT2D eigenvalue weighted by molar-refractivity contribution is 0.0997. The van der Waals surface area contributed by atoms with Gasteiger partial charge in [0.1, 0.15) is 12.0 Å². The fourth-order valence-electron chi connectivity index (χ4n) is 2.51. The number of hydrogen-bond acceptors (Lipinski definition) is 4. The molecule has 0 fully saturated rings. The molecule has 2 rings (SSSR count). The highest BCUT2D eigenvalue weighted by molar-refractivity contribution is 5.95. The number of rotatable bonds is 8. The van der Waals surface area contributed by atoms with Crippen LogP contribution < -0.4 is 11.1 Å². The maximum absolute atomic E-state index is 11.2. The molecule has 0 aliphatic heterocycles. The van der Waals surface area contributed by atoms with Crippen molar-refractivity contribution in [1.29, 1.82) is 0 Å². The lowest BCUT2D eigenvalue weighted by atomic mass is 10.0. The Balaban J connectivity index is 1.85. The average molecular weight is 328 g/mol. The van der Waals surface area contributed by atoms with Crippen LogP contribution in [-0.4, -0.2) is 22.7 Å². The van der Waals surface area contributed by atoms with Crippen LogP contribution in [0.25, 0.3) is 0 Å². The zero-order valence-corrected chi connectivity index (χ0v) is 13.8. The van der Waals surface area contributed by atoms with E-state index in [0.717, 1.165) is 12.8 Å². The first-order valence-corrected chi connectivity index (χ1v) is 8.05. The number of aromatic hydroxyl groups is 1. The summed E-state index contributed by atoms with van der Waals surface area (Å²) in [5.74, 6) is -0.528. The fraction of sp³-hybridized carbons (Fsp3) is 0.316. The number of benzene rings is 2. The van der Waals surface area contributed by atoms with E-state index in [1.165, 1.54) is 17.7 Å². The standard InChI is InChI=1S/C19H24N2O3/c1-13(7-8-14-5-3-2-4-6-14)12-21-19(24)15-9-10-17(22)16(11-15)18(20)23/h2-6,9-11,13,19,21-22,24H,7-8,12H2,1H3,(H2,20,23). The van der Waals surface area contributed by atoms with Crippen molar-refractivity contribution in [3.8, 4) is 5.75 Å². The molecule has 0 heterocycles. The van der Waals surface area contributed by atoms with Crippen LogP contribution in [0.3, 0.4) is 0 Å². The number of carbonyl (C=O) groups excluding carboxylic acids is 1. The van der Waals surface area contributed by atoms with Crippen LogP contribution in [0.2, 0.25) is 0 Å². The van der Waals surface area contributed by atoms with Crippen molar-refractivity contribution in [1.82, 2.24) is 5.32 Å². The molecule has 2 aromatic carbocycles. The second-order valence-electron chi connectivity index (χ2n) is 6.08. The van der Waals surface area contributed by atoms with Gasteiger partial charge in [-0.1, -0.05) is 43.3 Å². The summed E-state index contributed by atoms with van der Waals surface area (Å²) in [5, 5.41) is 22.8. The van der Waals surface area contributed by atoms with Crippen LogP contribution in [0.4, 0.5) is 0 Å². The van der Waals surface area contributed by atoms with Crippen molar-refractivity contribution in [2.24, 2.45) is 11.7 Å². The van der Waals surface area contributed by atoms with Gasteiger partial charge in [0, 0.05) is 6.54 Å². The Morgan fingerprint density at radius 2 is 1.92 bits per heavy atom. The number of aliphatic hydroxyl groups excluding tert-OH is 1. The Morgan fingerprint density at radius 1 is 1.21 bits per heavy atom. The molecule has 5 nitrogen and oxygen atoms in total. The molecule has 24 heavy (non-hydrogen) atoms. The van der Waals surface area contributed by atoms with Crippen molar-refractivity contribution in [3.63, 3.8) is 0 Å². The first kappa shape index (κ1) is 18.0. The first-order chi connectivity index (χ1) is 11.5.